The van der Waals surface area contributed by atoms with Crippen molar-refractivity contribution in [3.05, 3.63) is 35.9 Å². The molecular weight excluding hydrogens is 264 g/mol. The van der Waals surface area contributed by atoms with Crippen LogP contribution in [-0.4, -0.2) is 24.5 Å². The molecule has 3 nitrogen and oxygen atoms in total. The fraction of sp³-hybridized carbons (Fsp3) is 0.417. The van der Waals surface area contributed by atoms with E-state index in [0.717, 1.165) is 5.56 Å². The van der Waals surface area contributed by atoms with Gasteiger partial charge in [-0.1, -0.05) is 30.3 Å². The first kappa shape index (κ1) is 14.9. The van der Waals surface area contributed by atoms with Crippen molar-refractivity contribution in [2.75, 3.05) is 6.54 Å². The van der Waals surface area contributed by atoms with Crippen molar-refractivity contribution >= 4 is 18.4 Å². The second kappa shape index (κ2) is 6.11. The van der Waals surface area contributed by atoms with Crippen LogP contribution in [0, 0.1) is 0 Å². The van der Waals surface area contributed by atoms with Crippen molar-refractivity contribution in [2.45, 2.75) is 25.0 Å². The molecule has 1 aromatic carbocycles. The normalized spacial score (nSPS) is 21.1. The molecule has 1 unspecified atom stereocenters. The number of alkyl halides is 2. The van der Waals surface area contributed by atoms with E-state index in [4.69, 9.17) is 4.74 Å². The first-order valence-electron chi connectivity index (χ1n) is 5.39. The maximum absolute atomic E-state index is 12.8. The van der Waals surface area contributed by atoms with Crippen LogP contribution in [0.5, 0.6) is 0 Å². The molecule has 1 aliphatic heterocycles. The van der Waals surface area contributed by atoms with Crippen LogP contribution in [0.25, 0.3) is 0 Å². The van der Waals surface area contributed by atoms with Crippen LogP contribution in [0.3, 0.4) is 0 Å². The fourth-order valence-electron chi connectivity index (χ4n) is 1.71. The Hall–Kier alpha value is -1.20. The highest BCUT2D eigenvalue weighted by molar-refractivity contribution is 5.85. The quantitative estimate of drug-likeness (QED) is 0.861. The second-order valence-electron chi connectivity index (χ2n) is 4.09. The molecule has 1 aromatic rings. The summed E-state index contributed by atoms with van der Waals surface area (Å²) in [6.45, 7) is -0.346. The van der Waals surface area contributed by atoms with Crippen molar-refractivity contribution in [2.24, 2.45) is 0 Å². The molecule has 0 amide bonds. The molecule has 0 radical (unpaired) electrons. The first-order chi connectivity index (χ1) is 8.07. The molecule has 0 bridgehead atoms. The summed E-state index contributed by atoms with van der Waals surface area (Å²) < 4.78 is 30.7. The minimum Gasteiger partial charge on any atom is -0.460 e. The van der Waals surface area contributed by atoms with E-state index < -0.39 is 30.9 Å². The highest BCUT2D eigenvalue weighted by Gasteiger charge is 2.43. The van der Waals surface area contributed by atoms with Gasteiger partial charge in [0.05, 0.1) is 6.54 Å². The van der Waals surface area contributed by atoms with Crippen LogP contribution in [0.15, 0.2) is 30.3 Å². The number of nitrogens with one attached hydrogen (secondary N) is 1. The molecule has 100 valence electrons. The molecule has 0 spiro atoms. The van der Waals surface area contributed by atoms with E-state index in [9.17, 15) is 13.6 Å². The Labute approximate surface area is 110 Å². The molecule has 1 N–H and O–H groups in total. The smallest absolute Gasteiger partial charge is 0.323 e. The monoisotopic (exact) mass is 277 g/mol. The maximum atomic E-state index is 12.8. The Balaban J connectivity index is 0.00000162. The topological polar surface area (TPSA) is 38.3 Å². The lowest BCUT2D eigenvalue weighted by molar-refractivity contribution is -0.147. The molecule has 0 saturated carbocycles. The number of esters is 1. The van der Waals surface area contributed by atoms with Crippen LogP contribution < -0.4 is 5.32 Å². The number of carbonyl (C=O) groups excluding carboxylic acids is 1. The SMILES string of the molecule is Cl.O=C(OCc1ccccc1)C1CC(F)(F)CN1. The lowest BCUT2D eigenvalue weighted by atomic mass is 10.2. The van der Waals surface area contributed by atoms with E-state index in [0.29, 0.717) is 0 Å². The molecule has 18 heavy (non-hydrogen) atoms. The van der Waals surface area contributed by atoms with Crippen molar-refractivity contribution in [1.82, 2.24) is 5.32 Å². The van der Waals surface area contributed by atoms with Crippen LogP contribution in [-0.2, 0) is 16.1 Å². The van der Waals surface area contributed by atoms with E-state index >= 15 is 0 Å². The summed E-state index contributed by atoms with van der Waals surface area (Å²) in [6, 6.07) is 8.22. The summed E-state index contributed by atoms with van der Waals surface area (Å²) in [6.07, 6.45) is -0.485. The van der Waals surface area contributed by atoms with Crippen molar-refractivity contribution in [3.63, 3.8) is 0 Å². The van der Waals surface area contributed by atoms with Gasteiger partial charge in [0, 0.05) is 6.42 Å². The zero-order chi connectivity index (χ0) is 12.3. The molecule has 1 heterocycles. The van der Waals surface area contributed by atoms with Crippen molar-refractivity contribution in [3.8, 4) is 0 Å². The van der Waals surface area contributed by atoms with E-state index in [-0.39, 0.29) is 19.0 Å². The lowest BCUT2D eigenvalue weighted by Crippen LogP contribution is -2.32. The Bertz CT molecular complexity index is 400. The minimum absolute atomic E-state index is 0. The van der Waals surface area contributed by atoms with E-state index in [1.165, 1.54) is 0 Å². The predicted octanol–water partition coefficient (Wildman–Crippen LogP) is 2.15. The van der Waals surface area contributed by atoms with Gasteiger partial charge in [-0.25, -0.2) is 8.78 Å². The second-order valence-corrected chi connectivity index (χ2v) is 4.09. The summed E-state index contributed by atoms with van der Waals surface area (Å²) >= 11 is 0. The fourth-order valence-corrected chi connectivity index (χ4v) is 1.71. The van der Waals surface area contributed by atoms with Crippen LogP contribution in [0.2, 0.25) is 0 Å². The molecule has 1 aliphatic rings. The van der Waals surface area contributed by atoms with Crippen molar-refractivity contribution in [1.29, 1.82) is 0 Å². The summed E-state index contributed by atoms with van der Waals surface area (Å²) in [5.74, 6) is -3.43. The Morgan fingerprint density at radius 1 is 1.39 bits per heavy atom. The molecule has 0 aliphatic carbocycles. The molecule has 6 heteroatoms. The third-order valence-corrected chi connectivity index (χ3v) is 2.62. The molecular formula is C12H14ClF2NO2. The minimum atomic E-state index is -2.81. The third-order valence-electron chi connectivity index (χ3n) is 2.62. The highest BCUT2D eigenvalue weighted by Crippen LogP contribution is 2.25. The van der Waals surface area contributed by atoms with Crippen molar-refractivity contribution < 1.29 is 18.3 Å². The number of hydrogen-bond donors (Lipinski definition) is 1. The Morgan fingerprint density at radius 3 is 2.61 bits per heavy atom. The van der Waals surface area contributed by atoms with Gasteiger partial charge in [0.1, 0.15) is 12.6 Å². The highest BCUT2D eigenvalue weighted by atomic mass is 35.5. The van der Waals surface area contributed by atoms with Gasteiger partial charge in [0.15, 0.2) is 0 Å². The predicted molar refractivity (Wildman–Crippen MR) is 64.8 cm³/mol. The number of ether oxygens (including phenoxy) is 1. The Kier molecular flexibility index (Phi) is 5.04. The van der Waals surface area contributed by atoms with Gasteiger partial charge < -0.3 is 4.74 Å². The molecule has 0 aromatic heterocycles. The summed E-state index contributed by atoms with van der Waals surface area (Å²) in [5.41, 5.74) is 0.839. The van der Waals surface area contributed by atoms with E-state index in [2.05, 4.69) is 5.32 Å². The maximum Gasteiger partial charge on any atom is 0.323 e. The zero-order valence-corrected chi connectivity index (χ0v) is 10.4. The number of hydrogen-bond acceptors (Lipinski definition) is 3. The summed E-state index contributed by atoms with van der Waals surface area (Å²) in [5, 5.41) is 2.46. The summed E-state index contributed by atoms with van der Waals surface area (Å²) in [4.78, 5) is 11.5. The number of halogens is 3. The number of benzene rings is 1. The van der Waals surface area contributed by atoms with Gasteiger partial charge in [-0.05, 0) is 5.56 Å². The lowest BCUT2D eigenvalue weighted by Gasteiger charge is -2.10. The molecule has 1 fully saturated rings. The largest absolute Gasteiger partial charge is 0.460 e. The van der Waals surface area contributed by atoms with Gasteiger partial charge >= 0.3 is 5.97 Å². The van der Waals surface area contributed by atoms with Gasteiger partial charge in [-0.3, -0.25) is 10.1 Å². The average molecular weight is 278 g/mol. The van der Waals surface area contributed by atoms with Gasteiger partial charge in [-0.2, -0.15) is 0 Å². The number of carbonyl (C=O) groups is 1. The van der Waals surface area contributed by atoms with Gasteiger partial charge in [-0.15, -0.1) is 12.4 Å². The standard InChI is InChI=1S/C12H13F2NO2.ClH/c13-12(14)6-10(15-8-12)11(16)17-7-9-4-2-1-3-5-9;/h1-5,10,15H,6-8H2;1H. The third kappa shape index (κ3) is 3.92. The van der Waals surface area contributed by atoms with Gasteiger partial charge in [0.2, 0.25) is 0 Å². The first-order valence-corrected chi connectivity index (χ1v) is 5.39. The molecule has 1 saturated heterocycles. The van der Waals surface area contributed by atoms with Crippen LogP contribution in [0.1, 0.15) is 12.0 Å². The van der Waals surface area contributed by atoms with Gasteiger partial charge in [0.25, 0.3) is 5.92 Å². The van der Waals surface area contributed by atoms with E-state index in [1.807, 2.05) is 30.3 Å². The van der Waals surface area contributed by atoms with E-state index in [1.54, 1.807) is 0 Å². The number of rotatable bonds is 3. The summed E-state index contributed by atoms with van der Waals surface area (Å²) in [7, 11) is 0. The Morgan fingerprint density at radius 2 is 2.06 bits per heavy atom. The van der Waals surface area contributed by atoms with Crippen LogP contribution >= 0.6 is 12.4 Å². The molecule has 2 rings (SSSR count). The average Bonchev–Trinajstić information content (AvgIpc) is 2.68. The molecule has 1 atom stereocenters. The zero-order valence-electron chi connectivity index (χ0n) is 9.57. The van der Waals surface area contributed by atoms with Crippen LogP contribution in [0.4, 0.5) is 8.78 Å².